The van der Waals surface area contributed by atoms with Gasteiger partial charge in [-0.25, -0.2) is 9.59 Å². The second-order valence-electron chi connectivity index (χ2n) is 5.42. The van der Waals surface area contributed by atoms with Gasteiger partial charge in [0, 0.05) is 20.1 Å². The average molecular weight is 290 g/mol. The minimum atomic E-state index is -1.02. The molecule has 0 bridgehead atoms. The summed E-state index contributed by atoms with van der Waals surface area (Å²) in [5.41, 5.74) is 0.595. The van der Waals surface area contributed by atoms with Gasteiger partial charge in [-0.15, -0.1) is 0 Å². The van der Waals surface area contributed by atoms with Crippen LogP contribution in [0.1, 0.15) is 42.5 Å². The monoisotopic (exact) mass is 290 g/mol. The van der Waals surface area contributed by atoms with Crippen LogP contribution in [0.4, 0.5) is 10.5 Å². The van der Waals surface area contributed by atoms with E-state index < -0.39 is 5.97 Å². The molecule has 1 fully saturated rings. The summed E-state index contributed by atoms with van der Waals surface area (Å²) in [5, 5.41) is 9.24. The second-order valence-corrected chi connectivity index (χ2v) is 5.42. The van der Waals surface area contributed by atoms with E-state index in [2.05, 4.69) is 0 Å². The van der Waals surface area contributed by atoms with E-state index in [-0.39, 0.29) is 11.6 Å². The normalized spacial score (nSPS) is 16.0. The van der Waals surface area contributed by atoms with Crippen LogP contribution in [-0.4, -0.2) is 42.1 Å². The molecule has 5 heteroatoms. The Labute approximate surface area is 125 Å². The predicted octanol–water partition coefficient (Wildman–Crippen LogP) is 3.21. The van der Waals surface area contributed by atoms with Crippen LogP contribution >= 0.6 is 0 Å². The van der Waals surface area contributed by atoms with Crippen molar-refractivity contribution in [2.75, 3.05) is 25.0 Å². The zero-order valence-corrected chi connectivity index (χ0v) is 12.4. The van der Waals surface area contributed by atoms with Gasteiger partial charge in [0.2, 0.25) is 0 Å². The Balaban J connectivity index is 2.16. The van der Waals surface area contributed by atoms with E-state index in [9.17, 15) is 14.7 Å². The molecule has 5 nitrogen and oxygen atoms in total. The number of anilines is 1. The topological polar surface area (TPSA) is 60.9 Å². The minimum absolute atomic E-state index is 0.120. The van der Waals surface area contributed by atoms with Crippen LogP contribution in [0.3, 0.4) is 0 Å². The lowest BCUT2D eigenvalue weighted by molar-refractivity contribution is 0.0697. The van der Waals surface area contributed by atoms with Gasteiger partial charge in [0.25, 0.3) is 0 Å². The van der Waals surface area contributed by atoms with Gasteiger partial charge in [0.1, 0.15) is 0 Å². The van der Waals surface area contributed by atoms with Gasteiger partial charge in [-0.1, -0.05) is 31.4 Å². The maximum Gasteiger partial charge on any atom is 0.337 e. The highest BCUT2D eigenvalue weighted by molar-refractivity contribution is 6.01. The number of carbonyl (C=O) groups excluding carboxylic acids is 1. The van der Waals surface area contributed by atoms with E-state index in [1.54, 1.807) is 25.2 Å². The van der Waals surface area contributed by atoms with E-state index in [1.165, 1.54) is 17.4 Å². The van der Waals surface area contributed by atoms with Crippen LogP contribution in [-0.2, 0) is 0 Å². The summed E-state index contributed by atoms with van der Waals surface area (Å²) in [6.45, 7) is 1.50. The Morgan fingerprint density at radius 1 is 1.05 bits per heavy atom. The van der Waals surface area contributed by atoms with Crippen LogP contribution in [0.25, 0.3) is 0 Å². The van der Waals surface area contributed by atoms with Gasteiger partial charge in [0.15, 0.2) is 0 Å². The van der Waals surface area contributed by atoms with Crippen molar-refractivity contribution >= 4 is 17.7 Å². The smallest absolute Gasteiger partial charge is 0.337 e. The number of hydrogen-bond donors (Lipinski definition) is 1. The lowest BCUT2D eigenvalue weighted by Crippen LogP contribution is -2.43. The molecule has 1 saturated heterocycles. The molecule has 0 radical (unpaired) electrons. The minimum Gasteiger partial charge on any atom is -0.478 e. The lowest BCUT2D eigenvalue weighted by atomic mass is 10.1. The van der Waals surface area contributed by atoms with E-state index >= 15 is 0 Å². The van der Waals surface area contributed by atoms with Crippen molar-refractivity contribution in [1.29, 1.82) is 0 Å². The third-order valence-electron chi connectivity index (χ3n) is 3.91. The summed E-state index contributed by atoms with van der Waals surface area (Å²) in [7, 11) is 1.64. The lowest BCUT2D eigenvalue weighted by Gasteiger charge is -2.30. The summed E-state index contributed by atoms with van der Waals surface area (Å²) in [6.07, 6.45) is 5.57. The van der Waals surface area contributed by atoms with Crippen LogP contribution < -0.4 is 4.90 Å². The van der Waals surface area contributed by atoms with Crippen molar-refractivity contribution in [1.82, 2.24) is 4.90 Å². The molecular weight excluding hydrogens is 268 g/mol. The molecule has 1 aliphatic heterocycles. The van der Waals surface area contributed by atoms with Gasteiger partial charge in [0.05, 0.1) is 11.3 Å². The van der Waals surface area contributed by atoms with Crippen molar-refractivity contribution < 1.29 is 14.7 Å². The van der Waals surface area contributed by atoms with Crippen molar-refractivity contribution in [3.63, 3.8) is 0 Å². The summed E-state index contributed by atoms with van der Waals surface area (Å²) < 4.78 is 0. The number of amides is 2. The molecule has 1 heterocycles. The zero-order valence-electron chi connectivity index (χ0n) is 12.4. The van der Waals surface area contributed by atoms with E-state index in [1.807, 2.05) is 4.90 Å². The Morgan fingerprint density at radius 3 is 2.24 bits per heavy atom. The first kappa shape index (κ1) is 15.4. The third kappa shape index (κ3) is 3.74. The highest BCUT2D eigenvalue weighted by Gasteiger charge is 2.22. The Bertz CT molecular complexity index is 508. The summed E-state index contributed by atoms with van der Waals surface area (Å²) in [4.78, 5) is 27.2. The van der Waals surface area contributed by atoms with Crippen LogP contribution in [0.5, 0.6) is 0 Å². The molecule has 0 spiro atoms. The Hall–Kier alpha value is -2.04. The van der Waals surface area contributed by atoms with Gasteiger partial charge in [-0.3, -0.25) is 4.90 Å². The Morgan fingerprint density at radius 2 is 1.62 bits per heavy atom. The molecule has 1 aliphatic rings. The molecule has 0 unspecified atom stereocenters. The summed E-state index contributed by atoms with van der Waals surface area (Å²) >= 11 is 0. The number of hydrogen-bond acceptors (Lipinski definition) is 2. The molecule has 0 saturated carbocycles. The molecule has 2 rings (SSSR count). The summed E-state index contributed by atoms with van der Waals surface area (Å²) in [5.74, 6) is -1.02. The molecule has 1 N–H and O–H groups in total. The number of carboxylic acid groups (broad SMARTS) is 1. The standard InChI is InChI=1S/C16H22N2O3/c1-17(14-10-6-5-9-13(14)15(19)20)16(21)18-11-7-3-2-4-8-12-18/h5-6,9-10H,2-4,7-8,11-12H2,1H3,(H,19,20). The molecule has 0 aromatic heterocycles. The number of carbonyl (C=O) groups is 2. The zero-order chi connectivity index (χ0) is 15.2. The number of rotatable bonds is 2. The molecular formula is C16H22N2O3. The highest BCUT2D eigenvalue weighted by atomic mass is 16.4. The largest absolute Gasteiger partial charge is 0.478 e. The van der Waals surface area contributed by atoms with Crippen LogP contribution in [0, 0.1) is 0 Å². The predicted molar refractivity (Wildman–Crippen MR) is 81.9 cm³/mol. The molecule has 21 heavy (non-hydrogen) atoms. The fraction of sp³-hybridized carbons (Fsp3) is 0.500. The third-order valence-corrected chi connectivity index (χ3v) is 3.91. The Kier molecular flexibility index (Phi) is 5.20. The second kappa shape index (κ2) is 7.11. The van der Waals surface area contributed by atoms with E-state index in [0.29, 0.717) is 5.69 Å². The number of likely N-dealkylation sites (tertiary alicyclic amines) is 1. The molecule has 114 valence electrons. The fourth-order valence-corrected chi connectivity index (χ4v) is 2.70. The van der Waals surface area contributed by atoms with Crippen molar-refractivity contribution in [3.05, 3.63) is 29.8 Å². The van der Waals surface area contributed by atoms with Crippen LogP contribution in [0.2, 0.25) is 0 Å². The van der Waals surface area contributed by atoms with Crippen molar-refractivity contribution in [2.24, 2.45) is 0 Å². The first-order valence-electron chi connectivity index (χ1n) is 7.46. The van der Waals surface area contributed by atoms with Gasteiger partial charge in [-0.05, 0) is 25.0 Å². The number of urea groups is 1. The first-order valence-corrected chi connectivity index (χ1v) is 7.46. The van der Waals surface area contributed by atoms with E-state index in [0.717, 1.165) is 38.8 Å². The first-order chi connectivity index (χ1) is 10.1. The van der Waals surface area contributed by atoms with Crippen LogP contribution in [0.15, 0.2) is 24.3 Å². The summed E-state index contributed by atoms with van der Waals surface area (Å²) in [6, 6.07) is 6.49. The number of aromatic carboxylic acids is 1. The molecule has 0 atom stereocenters. The van der Waals surface area contributed by atoms with Crippen molar-refractivity contribution in [2.45, 2.75) is 32.1 Å². The van der Waals surface area contributed by atoms with Gasteiger partial charge < -0.3 is 10.0 Å². The number of para-hydroxylation sites is 1. The molecule has 0 aliphatic carbocycles. The van der Waals surface area contributed by atoms with Crippen molar-refractivity contribution in [3.8, 4) is 0 Å². The average Bonchev–Trinajstić information content (AvgIpc) is 2.45. The maximum atomic E-state index is 12.6. The number of benzene rings is 1. The highest BCUT2D eigenvalue weighted by Crippen LogP contribution is 2.21. The molecule has 1 aromatic rings. The van der Waals surface area contributed by atoms with Gasteiger partial charge >= 0.3 is 12.0 Å². The fourth-order valence-electron chi connectivity index (χ4n) is 2.70. The van der Waals surface area contributed by atoms with Gasteiger partial charge in [-0.2, -0.15) is 0 Å². The number of nitrogens with zero attached hydrogens (tertiary/aromatic N) is 2. The molecule has 2 amide bonds. The molecule has 1 aromatic carbocycles. The quantitative estimate of drug-likeness (QED) is 0.909. The van der Waals surface area contributed by atoms with E-state index in [4.69, 9.17) is 0 Å². The SMILES string of the molecule is CN(C(=O)N1CCCCCCC1)c1ccccc1C(=O)O. The maximum absolute atomic E-state index is 12.6. The number of carboxylic acids is 1.